The smallest absolute Gasteiger partial charge is 0.310 e. The summed E-state index contributed by atoms with van der Waals surface area (Å²) in [5.74, 6) is 1.01. The number of piperazine rings is 1. The van der Waals surface area contributed by atoms with Crippen LogP contribution < -0.4 is 4.90 Å². The molecule has 6 atom stereocenters. The van der Waals surface area contributed by atoms with Crippen molar-refractivity contribution in [3.05, 3.63) is 29.3 Å². The van der Waals surface area contributed by atoms with E-state index in [1.807, 2.05) is 18.2 Å². The molecule has 1 aromatic carbocycles. The molecule has 2 saturated carbocycles. The molecule has 3 aliphatic heterocycles. The van der Waals surface area contributed by atoms with E-state index >= 15 is 0 Å². The van der Waals surface area contributed by atoms with Crippen LogP contribution in [0.4, 0.5) is 5.69 Å². The highest BCUT2D eigenvalue weighted by Gasteiger charge is 2.65. The Morgan fingerprint density at radius 3 is 2.74 bits per heavy atom. The van der Waals surface area contributed by atoms with Crippen LogP contribution in [0.3, 0.4) is 0 Å². The molecule has 5 nitrogen and oxygen atoms in total. The van der Waals surface area contributed by atoms with Crippen molar-refractivity contribution in [1.29, 1.82) is 0 Å². The standard InChI is InChI=1S/C25H33ClN2O3/c1-24-6-3-7-25(16-30-25)22(24)13-19-20(23(29)31-21(19)14-24)15-27-8-10-28(11-9-27)18-5-2-4-17(26)12-18/h2,4-5,12,19-22H,3,6-11,13-16H2,1H3. The first kappa shape index (κ1) is 20.3. The zero-order chi connectivity index (χ0) is 21.2. The monoisotopic (exact) mass is 444 g/mol. The number of ether oxygens (including phenoxy) is 2. The zero-order valence-corrected chi connectivity index (χ0v) is 19.2. The van der Waals surface area contributed by atoms with E-state index < -0.39 is 0 Å². The van der Waals surface area contributed by atoms with Gasteiger partial charge in [0.2, 0.25) is 0 Å². The van der Waals surface area contributed by atoms with Crippen LogP contribution >= 0.6 is 11.6 Å². The molecular formula is C25H33ClN2O3. The number of hydrogen-bond acceptors (Lipinski definition) is 5. The number of anilines is 1. The molecule has 6 unspecified atom stereocenters. The molecule has 168 valence electrons. The average Bonchev–Trinajstić information content (AvgIpc) is 3.45. The fourth-order valence-electron chi connectivity index (χ4n) is 7.31. The second-order valence-corrected chi connectivity index (χ2v) is 11.3. The third kappa shape index (κ3) is 3.48. The minimum atomic E-state index is 0.0185. The van der Waals surface area contributed by atoms with Gasteiger partial charge in [-0.3, -0.25) is 9.69 Å². The fraction of sp³-hybridized carbons (Fsp3) is 0.720. The lowest BCUT2D eigenvalue weighted by molar-refractivity contribution is -0.147. The molecule has 0 N–H and O–H groups in total. The molecule has 6 rings (SSSR count). The second kappa shape index (κ2) is 7.36. The summed E-state index contributed by atoms with van der Waals surface area (Å²) in [6, 6.07) is 8.09. The Hall–Kier alpha value is -1.30. The van der Waals surface area contributed by atoms with E-state index in [9.17, 15) is 4.79 Å². The quantitative estimate of drug-likeness (QED) is 0.521. The van der Waals surface area contributed by atoms with Gasteiger partial charge in [-0.05, 0) is 61.6 Å². The summed E-state index contributed by atoms with van der Waals surface area (Å²) < 4.78 is 12.0. The number of rotatable bonds is 3. The molecule has 5 fully saturated rings. The lowest BCUT2D eigenvalue weighted by atomic mass is 9.53. The van der Waals surface area contributed by atoms with Gasteiger partial charge in [0, 0.05) is 49.4 Å². The highest BCUT2D eigenvalue weighted by atomic mass is 35.5. The van der Waals surface area contributed by atoms with Crippen molar-refractivity contribution in [2.24, 2.45) is 23.2 Å². The van der Waals surface area contributed by atoms with E-state index in [0.717, 1.165) is 57.2 Å². The number of hydrogen-bond donors (Lipinski definition) is 0. The number of halogens is 1. The Labute approximate surface area is 190 Å². The fourth-order valence-corrected chi connectivity index (χ4v) is 7.49. The van der Waals surface area contributed by atoms with Crippen LogP contribution in [0.2, 0.25) is 5.02 Å². The number of carbonyl (C=O) groups excluding carboxylic acids is 1. The zero-order valence-electron chi connectivity index (χ0n) is 18.4. The summed E-state index contributed by atoms with van der Waals surface area (Å²) in [5, 5.41) is 0.782. The first-order chi connectivity index (χ1) is 15.0. The molecule has 0 radical (unpaired) electrons. The predicted octanol–water partition coefficient (Wildman–Crippen LogP) is 3.99. The number of fused-ring (bicyclic) bond motifs is 3. The second-order valence-electron chi connectivity index (χ2n) is 10.9. The number of nitrogens with zero attached hydrogens (tertiary/aromatic N) is 2. The van der Waals surface area contributed by atoms with Gasteiger partial charge in [0.1, 0.15) is 6.10 Å². The highest BCUT2D eigenvalue weighted by molar-refractivity contribution is 6.30. The van der Waals surface area contributed by atoms with Crippen molar-refractivity contribution in [1.82, 2.24) is 4.90 Å². The van der Waals surface area contributed by atoms with Gasteiger partial charge in [0.25, 0.3) is 0 Å². The maximum atomic E-state index is 12.9. The number of esters is 1. The summed E-state index contributed by atoms with van der Waals surface area (Å²) in [6.45, 7) is 8.06. The van der Waals surface area contributed by atoms with Crippen molar-refractivity contribution in [3.63, 3.8) is 0 Å². The molecule has 1 aromatic rings. The summed E-state index contributed by atoms with van der Waals surface area (Å²) in [5.41, 5.74) is 1.58. The molecule has 31 heavy (non-hydrogen) atoms. The molecule has 5 aliphatic rings. The van der Waals surface area contributed by atoms with E-state index in [4.69, 9.17) is 21.1 Å². The van der Waals surface area contributed by atoms with Crippen LogP contribution in [0.5, 0.6) is 0 Å². The number of epoxide rings is 1. The van der Waals surface area contributed by atoms with Crippen molar-refractivity contribution >= 4 is 23.3 Å². The van der Waals surface area contributed by atoms with Gasteiger partial charge in [0.15, 0.2) is 0 Å². The van der Waals surface area contributed by atoms with Crippen molar-refractivity contribution in [2.45, 2.75) is 50.7 Å². The third-order valence-electron chi connectivity index (χ3n) is 9.08. The van der Waals surface area contributed by atoms with Gasteiger partial charge < -0.3 is 14.4 Å². The molecule has 3 heterocycles. The Balaban J connectivity index is 1.12. The largest absolute Gasteiger partial charge is 0.462 e. The molecular weight excluding hydrogens is 412 g/mol. The highest BCUT2D eigenvalue weighted by Crippen LogP contribution is 2.62. The van der Waals surface area contributed by atoms with Gasteiger partial charge in [-0.15, -0.1) is 0 Å². The SMILES string of the molecule is CC12CCCC3(CO3)C1CC1C(C2)OC(=O)C1CN1CCN(c2cccc(Cl)c2)CC1. The number of benzene rings is 1. The first-order valence-corrected chi connectivity index (χ1v) is 12.4. The van der Waals surface area contributed by atoms with Gasteiger partial charge in [-0.1, -0.05) is 24.6 Å². The maximum Gasteiger partial charge on any atom is 0.310 e. The molecule has 3 saturated heterocycles. The Morgan fingerprint density at radius 1 is 1.19 bits per heavy atom. The third-order valence-corrected chi connectivity index (χ3v) is 9.31. The maximum absolute atomic E-state index is 12.9. The van der Waals surface area contributed by atoms with Crippen molar-refractivity contribution < 1.29 is 14.3 Å². The van der Waals surface area contributed by atoms with Crippen LogP contribution in [0.15, 0.2) is 24.3 Å². The van der Waals surface area contributed by atoms with Crippen LogP contribution in [0.25, 0.3) is 0 Å². The molecule has 6 heteroatoms. The molecule has 0 amide bonds. The van der Waals surface area contributed by atoms with E-state index in [2.05, 4.69) is 22.8 Å². The van der Waals surface area contributed by atoms with Crippen LogP contribution in [0.1, 0.15) is 39.0 Å². The minimum absolute atomic E-state index is 0.0185. The van der Waals surface area contributed by atoms with E-state index in [-0.39, 0.29) is 29.0 Å². The van der Waals surface area contributed by atoms with E-state index in [1.165, 1.54) is 24.9 Å². The topological polar surface area (TPSA) is 45.3 Å². The normalized spacial score (nSPS) is 42.3. The lowest BCUT2D eigenvalue weighted by Gasteiger charge is -2.51. The van der Waals surface area contributed by atoms with E-state index in [1.54, 1.807) is 0 Å². The molecule has 1 spiro atoms. The summed E-state index contributed by atoms with van der Waals surface area (Å²) >= 11 is 6.17. The summed E-state index contributed by atoms with van der Waals surface area (Å²) in [6.07, 6.45) is 5.94. The lowest BCUT2D eigenvalue weighted by Crippen LogP contribution is -2.52. The first-order valence-electron chi connectivity index (χ1n) is 12.0. The van der Waals surface area contributed by atoms with Gasteiger partial charge in [0.05, 0.1) is 18.1 Å². The number of carbonyl (C=O) groups is 1. The van der Waals surface area contributed by atoms with Crippen LogP contribution in [-0.4, -0.2) is 61.9 Å². The van der Waals surface area contributed by atoms with Crippen molar-refractivity contribution in [2.75, 3.05) is 44.2 Å². The van der Waals surface area contributed by atoms with Gasteiger partial charge in [-0.25, -0.2) is 0 Å². The minimum Gasteiger partial charge on any atom is -0.462 e. The Bertz CT molecular complexity index is 866. The molecule has 2 aliphatic carbocycles. The van der Waals surface area contributed by atoms with Crippen LogP contribution in [0, 0.1) is 23.2 Å². The van der Waals surface area contributed by atoms with Crippen molar-refractivity contribution in [3.8, 4) is 0 Å². The summed E-state index contributed by atoms with van der Waals surface area (Å²) in [7, 11) is 0. The van der Waals surface area contributed by atoms with Crippen LogP contribution in [-0.2, 0) is 14.3 Å². The van der Waals surface area contributed by atoms with Gasteiger partial charge >= 0.3 is 5.97 Å². The predicted molar refractivity (Wildman–Crippen MR) is 120 cm³/mol. The molecule has 0 aromatic heterocycles. The van der Waals surface area contributed by atoms with E-state index in [0.29, 0.717) is 11.8 Å². The Kier molecular flexibility index (Phi) is 4.82. The Morgan fingerprint density at radius 2 is 2.00 bits per heavy atom. The average molecular weight is 445 g/mol. The summed E-state index contributed by atoms with van der Waals surface area (Å²) in [4.78, 5) is 17.8. The van der Waals surface area contributed by atoms with Gasteiger partial charge in [-0.2, -0.15) is 0 Å². The molecule has 0 bridgehead atoms.